The number of hydrogen-bond donors (Lipinski definition) is 0. The minimum Gasteiger partial charge on any atom is -0.451 e. The molecule has 0 spiro atoms. The van der Waals surface area contributed by atoms with Crippen LogP contribution in [-0.2, 0) is 4.74 Å². The monoisotopic (exact) mass is 229 g/mol. The summed E-state index contributed by atoms with van der Waals surface area (Å²) in [5.74, 6) is 0. The first-order valence-corrected chi connectivity index (χ1v) is 5.30. The Hall–Kier alpha value is -2.30. The lowest BCUT2D eigenvalue weighted by atomic mass is 10.1. The van der Waals surface area contributed by atoms with Crippen LogP contribution in [0.2, 0.25) is 0 Å². The number of nitrogens with zero attached hydrogens (tertiary/aromatic N) is 3. The van der Waals surface area contributed by atoms with Crippen molar-refractivity contribution in [3.05, 3.63) is 42.0 Å². The van der Waals surface area contributed by atoms with E-state index in [9.17, 15) is 4.79 Å². The van der Waals surface area contributed by atoms with E-state index >= 15 is 0 Å². The molecule has 1 aromatic carbocycles. The number of methoxy groups -OCH3 is 1. The quantitative estimate of drug-likeness (QED) is 0.684. The fraction of sp³-hybridized carbons (Fsp3) is 0.167. The van der Waals surface area contributed by atoms with Crippen molar-refractivity contribution in [2.45, 2.75) is 6.04 Å². The van der Waals surface area contributed by atoms with Crippen LogP contribution in [0.1, 0.15) is 11.6 Å². The van der Waals surface area contributed by atoms with Crippen LogP contribution in [0.15, 0.2) is 41.5 Å². The predicted molar refractivity (Wildman–Crippen MR) is 63.5 cm³/mol. The van der Waals surface area contributed by atoms with Gasteiger partial charge in [0, 0.05) is 11.8 Å². The summed E-state index contributed by atoms with van der Waals surface area (Å²) >= 11 is 0. The van der Waals surface area contributed by atoms with Crippen molar-refractivity contribution in [1.29, 1.82) is 0 Å². The van der Waals surface area contributed by atoms with E-state index in [0.29, 0.717) is 0 Å². The molecular formula is C12H11N3O2. The van der Waals surface area contributed by atoms with Gasteiger partial charge in [-0.05, 0) is 12.1 Å². The molecule has 3 rings (SSSR count). The average Bonchev–Trinajstić information content (AvgIpc) is 2.72. The van der Waals surface area contributed by atoms with Crippen LogP contribution in [0.3, 0.4) is 0 Å². The number of rotatable bonds is 0. The lowest BCUT2D eigenvalue weighted by Gasteiger charge is -2.28. The van der Waals surface area contributed by atoms with E-state index in [2.05, 4.69) is 5.10 Å². The van der Waals surface area contributed by atoms with E-state index in [1.54, 1.807) is 11.3 Å². The molecule has 5 heteroatoms. The molecule has 86 valence electrons. The van der Waals surface area contributed by atoms with Gasteiger partial charge in [-0.2, -0.15) is 15.2 Å². The number of anilines is 1. The van der Waals surface area contributed by atoms with Gasteiger partial charge in [0.2, 0.25) is 0 Å². The second-order valence-electron chi connectivity index (χ2n) is 3.76. The summed E-state index contributed by atoms with van der Waals surface area (Å²) in [5, 5.41) is 7.27. The minimum absolute atomic E-state index is 0.0321. The smallest absolute Gasteiger partial charge is 0.434 e. The van der Waals surface area contributed by atoms with E-state index in [4.69, 9.17) is 4.74 Å². The van der Waals surface area contributed by atoms with Gasteiger partial charge in [-0.1, -0.05) is 24.3 Å². The fourth-order valence-electron chi connectivity index (χ4n) is 2.12. The van der Waals surface area contributed by atoms with Crippen molar-refractivity contribution in [2.24, 2.45) is 5.10 Å². The van der Waals surface area contributed by atoms with Crippen LogP contribution < -0.4 is 5.01 Å². The maximum atomic E-state index is 11.8. The number of fused-ring (bicyclic) bond motifs is 3. The molecular weight excluding hydrogens is 218 g/mol. The number of amides is 1. The Balaban J connectivity index is 2.13. The van der Waals surface area contributed by atoms with Crippen LogP contribution in [0.25, 0.3) is 0 Å². The lowest BCUT2D eigenvalue weighted by Crippen LogP contribution is -2.41. The molecule has 0 saturated carbocycles. The van der Waals surface area contributed by atoms with Crippen LogP contribution in [0.4, 0.5) is 10.5 Å². The van der Waals surface area contributed by atoms with Gasteiger partial charge in [0.25, 0.3) is 0 Å². The number of carbonyl (C=O) groups excluding carboxylic acids is 1. The van der Waals surface area contributed by atoms with E-state index in [-0.39, 0.29) is 6.04 Å². The summed E-state index contributed by atoms with van der Waals surface area (Å²) in [6.45, 7) is 0. The molecule has 1 atom stereocenters. The number of para-hydroxylation sites is 1. The van der Waals surface area contributed by atoms with Crippen molar-refractivity contribution in [2.75, 3.05) is 12.1 Å². The minimum atomic E-state index is -0.438. The Kier molecular flexibility index (Phi) is 2.11. The summed E-state index contributed by atoms with van der Waals surface area (Å²) < 4.78 is 4.79. The average molecular weight is 229 g/mol. The van der Waals surface area contributed by atoms with Gasteiger partial charge in [-0.15, -0.1) is 0 Å². The first-order valence-electron chi connectivity index (χ1n) is 5.30. The maximum absolute atomic E-state index is 11.8. The molecule has 0 saturated heterocycles. The highest BCUT2D eigenvalue weighted by Crippen LogP contribution is 2.41. The molecule has 1 unspecified atom stereocenters. The Labute approximate surface area is 98.6 Å². The number of carbonyl (C=O) groups is 1. The third kappa shape index (κ3) is 1.32. The fourth-order valence-corrected chi connectivity index (χ4v) is 2.12. The summed E-state index contributed by atoms with van der Waals surface area (Å²) in [7, 11) is 1.36. The highest BCUT2D eigenvalue weighted by atomic mass is 16.5. The highest BCUT2D eigenvalue weighted by molar-refractivity contribution is 5.90. The van der Waals surface area contributed by atoms with Crippen molar-refractivity contribution in [1.82, 2.24) is 5.12 Å². The van der Waals surface area contributed by atoms with Crippen LogP contribution in [0.5, 0.6) is 0 Å². The number of benzene rings is 1. The van der Waals surface area contributed by atoms with Gasteiger partial charge in [0.05, 0.1) is 12.8 Å². The Bertz CT molecular complexity index is 524. The number of allylic oxidation sites excluding steroid dienone is 1. The van der Waals surface area contributed by atoms with Crippen molar-refractivity contribution in [3.63, 3.8) is 0 Å². The number of hydrogen-bond acceptors (Lipinski definition) is 4. The molecule has 17 heavy (non-hydrogen) atoms. The third-order valence-electron chi connectivity index (χ3n) is 2.85. The number of hydrazine groups is 1. The zero-order chi connectivity index (χ0) is 11.8. The van der Waals surface area contributed by atoms with Crippen LogP contribution in [0, 0.1) is 0 Å². The second-order valence-corrected chi connectivity index (χ2v) is 3.76. The predicted octanol–water partition coefficient (Wildman–Crippen LogP) is 2.09. The Morgan fingerprint density at radius 1 is 1.41 bits per heavy atom. The molecule has 5 nitrogen and oxygen atoms in total. The molecule has 0 N–H and O–H groups in total. The van der Waals surface area contributed by atoms with Gasteiger partial charge < -0.3 is 4.74 Å². The molecule has 2 heterocycles. The van der Waals surface area contributed by atoms with Crippen LogP contribution >= 0.6 is 0 Å². The molecule has 0 aliphatic carbocycles. The molecule has 0 aromatic heterocycles. The summed E-state index contributed by atoms with van der Waals surface area (Å²) in [6, 6.07) is 7.68. The second kappa shape index (κ2) is 3.62. The summed E-state index contributed by atoms with van der Waals surface area (Å²) in [4.78, 5) is 11.8. The van der Waals surface area contributed by atoms with Gasteiger partial charge in [0.15, 0.2) is 0 Å². The number of hydrazone groups is 1. The molecule has 2 aliphatic heterocycles. The standard InChI is InChI=1S/C12H11N3O2/c1-17-12(16)14-10-6-3-2-5-9(10)11-7-4-8-13-15(11)14/h2-8,11H,1H3. The molecule has 1 amide bonds. The number of ether oxygens (including phenoxy) is 1. The normalized spacial score (nSPS) is 20.2. The molecule has 2 aliphatic rings. The Morgan fingerprint density at radius 3 is 3.06 bits per heavy atom. The van der Waals surface area contributed by atoms with E-state index in [0.717, 1.165) is 11.3 Å². The van der Waals surface area contributed by atoms with Gasteiger partial charge in [-0.25, -0.2) is 4.79 Å². The van der Waals surface area contributed by atoms with E-state index in [1.807, 2.05) is 36.4 Å². The lowest BCUT2D eigenvalue weighted by molar-refractivity contribution is 0.148. The zero-order valence-corrected chi connectivity index (χ0v) is 9.28. The topological polar surface area (TPSA) is 45.1 Å². The van der Waals surface area contributed by atoms with Gasteiger partial charge in [-0.3, -0.25) is 0 Å². The molecule has 0 fully saturated rings. The summed E-state index contributed by atoms with van der Waals surface area (Å²) in [6.07, 6.45) is 5.08. The molecule has 1 aromatic rings. The first-order chi connectivity index (χ1) is 8.33. The van der Waals surface area contributed by atoms with Crippen molar-refractivity contribution in [3.8, 4) is 0 Å². The first kappa shape index (κ1) is 9.89. The van der Waals surface area contributed by atoms with E-state index < -0.39 is 6.09 Å². The van der Waals surface area contributed by atoms with Gasteiger partial charge in [0.1, 0.15) is 6.04 Å². The third-order valence-corrected chi connectivity index (χ3v) is 2.85. The largest absolute Gasteiger partial charge is 0.451 e. The van der Waals surface area contributed by atoms with Crippen molar-refractivity contribution >= 4 is 18.0 Å². The molecule has 0 radical (unpaired) electrons. The summed E-state index contributed by atoms with van der Waals surface area (Å²) in [5.41, 5.74) is 1.86. The SMILES string of the molecule is COC(=O)N1c2ccccc2C2C=CC=NN21. The molecule has 0 bridgehead atoms. The Morgan fingerprint density at radius 2 is 2.24 bits per heavy atom. The van der Waals surface area contributed by atoms with Gasteiger partial charge >= 0.3 is 6.09 Å². The van der Waals surface area contributed by atoms with Crippen molar-refractivity contribution < 1.29 is 9.53 Å². The highest BCUT2D eigenvalue weighted by Gasteiger charge is 2.39. The zero-order valence-electron chi connectivity index (χ0n) is 9.28. The van der Waals surface area contributed by atoms with E-state index in [1.165, 1.54) is 12.1 Å². The maximum Gasteiger partial charge on any atom is 0.434 e. The van der Waals surface area contributed by atoms with Crippen LogP contribution in [-0.4, -0.2) is 24.5 Å².